The van der Waals surface area contributed by atoms with Crippen molar-refractivity contribution in [1.82, 2.24) is 10.2 Å². The quantitative estimate of drug-likeness (QED) is 0.686. The summed E-state index contributed by atoms with van der Waals surface area (Å²) in [6.45, 7) is 2.49. The highest BCUT2D eigenvalue weighted by molar-refractivity contribution is 5.88. The molecule has 158 valence electrons. The lowest BCUT2D eigenvalue weighted by Crippen LogP contribution is -2.37. The third kappa shape index (κ3) is 4.40. The third-order valence-electron chi connectivity index (χ3n) is 5.04. The average Bonchev–Trinajstić information content (AvgIpc) is 3.48. The summed E-state index contributed by atoms with van der Waals surface area (Å²) >= 11 is 0. The van der Waals surface area contributed by atoms with Gasteiger partial charge < -0.3 is 28.8 Å². The molecule has 0 unspecified atom stereocenters. The number of esters is 1. The van der Waals surface area contributed by atoms with Crippen LogP contribution >= 0.6 is 0 Å². The highest BCUT2D eigenvalue weighted by Gasteiger charge is 2.36. The van der Waals surface area contributed by atoms with Gasteiger partial charge in [0.25, 0.3) is 5.91 Å². The van der Waals surface area contributed by atoms with Crippen LogP contribution in [-0.2, 0) is 32.2 Å². The molecule has 2 aromatic rings. The van der Waals surface area contributed by atoms with Crippen LogP contribution in [0.15, 0.2) is 41.0 Å². The summed E-state index contributed by atoms with van der Waals surface area (Å²) in [6, 6.07) is 8.90. The van der Waals surface area contributed by atoms with Crippen molar-refractivity contribution in [3.63, 3.8) is 0 Å². The lowest BCUT2D eigenvalue weighted by Gasteiger charge is -2.17. The van der Waals surface area contributed by atoms with Crippen molar-refractivity contribution >= 4 is 17.8 Å². The van der Waals surface area contributed by atoms with Gasteiger partial charge >= 0.3 is 5.97 Å². The molecule has 3 heterocycles. The summed E-state index contributed by atoms with van der Waals surface area (Å²) in [6.07, 6.45) is 0.622. The van der Waals surface area contributed by atoms with Gasteiger partial charge in [0.1, 0.15) is 5.76 Å². The van der Waals surface area contributed by atoms with E-state index in [1.807, 2.05) is 6.07 Å². The fraction of sp³-hybridized carbons (Fsp3) is 0.381. The number of benzene rings is 1. The van der Waals surface area contributed by atoms with E-state index >= 15 is 0 Å². The van der Waals surface area contributed by atoms with Crippen LogP contribution in [0.25, 0.3) is 0 Å². The molecule has 30 heavy (non-hydrogen) atoms. The van der Waals surface area contributed by atoms with E-state index in [-0.39, 0.29) is 32.2 Å². The smallest absolute Gasteiger partial charge is 0.312 e. The van der Waals surface area contributed by atoms with Crippen LogP contribution in [0.5, 0.6) is 11.5 Å². The summed E-state index contributed by atoms with van der Waals surface area (Å²) in [7, 11) is 0. The molecule has 2 aliphatic heterocycles. The van der Waals surface area contributed by atoms with Crippen molar-refractivity contribution in [2.45, 2.75) is 32.5 Å². The molecule has 0 bridgehead atoms. The van der Waals surface area contributed by atoms with Crippen LogP contribution in [0.4, 0.5) is 0 Å². The van der Waals surface area contributed by atoms with Gasteiger partial charge in [0, 0.05) is 19.5 Å². The maximum atomic E-state index is 12.4. The molecule has 1 N–H and O–H groups in total. The molecule has 1 fully saturated rings. The number of hydrogen-bond donors (Lipinski definition) is 1. The van der Waals surface area contributed by atoms with Crippen LogP contribution in [0.1, 0.15) is 24.7 Å². The van der Waals surface area contributed by atoms with E-state index in [4.69, 9.17) is 18.6 Å². The number of nitrogens with zero attached hydrogens (tertiary/aromatic N) is 1. The fourth-order valence-electron chi connectivity index (χ4n) is 3.38. The zero-order valence-corrected chi connectivity index (χ0v) is 16.5. The molecule has 9 nitrogen and oxygen atoms in total. The molecule has 2 aliphatic rings. The number of furan rings is 1. The minimum Gasteiger partial charge on any atom is -0.467 e. The molecule has 0 radical (unpaired) electrons. The second-order valence-electron chi connectivity index (χ2n) is 7.24. The van der Waals surface area contributed by atoms with Gasteiger partial charge in [0.05, 0.1) is 18.7 Å². The molecule has 1 aromatic heterocycles. The van der Waals surface area contributed by atoms with Crippen molar-refractivity contribution in [1.29, 1.82) is 0 Å². The Morgan fingerprint density at radius 3 is 2.90 bits per heavy atom. The number of carbonyl (C=O) groups excluding carboxylic acids is 3. The first-order valence-corrected chi connectivity index (χ1v) is 9.66. The van der Waals surface area contributed by atoms with Crippen LogP contribution in [0, 0.1) is 5.92 Å². The second-order valence-corrected chi connectivity index (χ2v) is 7.24. The summed E-state index contributed by atoms with van der Waals surface area (Å²) in [5.41, 5.74) is 0.834. The standard InChI is InChI=1S/C21H22N2O7/c1-13(20(25)22-9-14-4-5-17-18(7-14)29-12-28-17)30-21(26)15-8-19(24)23(10-15)11-16-3-2-6-27-16/h2-7,13,15H,8-12H2,1H3,(H,22,25)/t13-,15-/m0/s1. The molecule has 0 spiro atoms. The normalized spacial score (nSPS) is 18.4. The Balaban J connectivity index is 1.24. The molecular weight excluding hydrogens is 392 g/mol. The van der Waals surface area contributed by atoms with E-state index in [0.29, 0.717) is 23.8 Å². The Kier molecular flexibility index (Phi) is 5.60. The molecule has 1 aromatic carbocycles. The number of ether oxygens (including phenoxy) is 3. The van der Waals surface area contributed by atoms with Gasteiger partial charge in [-0.15, -0.1) is 0 Å². The monoisotopic (exact) mass is 414 g/mol. The summed E-state index contributed by atoms with van der Waals surface area (Å²) in [5.74, 6) is 0.220. The predicted molar refractivity (Wildman–Crippen MR) is 102 cm³/mol. The minimum absolute atomic E-state index is 0.0606. The Morgan fingerprint density at radius 2 is 2.10 bits per heavy atom. The summed E-state index contributed by atoms with van der Waals surface area (Å²) < 4.78 is 21.1. The topological polar surface area (TPSA) is 107 Å². The fourth-order valence-corrected chi connectivity index (χ4v) is 3.38. The van der Waals surface area contributed by atoms with Crippen molar-refractivity contribution in [2.24, 2.45) is 5.92 Å². The molecule has 2 atom stereocenters. The first-order chi connectivity index (χ1) is 14.5. The van der Waals surface area contributed by atoms with E-state index in [1.165, 1.54) is 13.2 Å². The number of amides is 2. The Hall–Kier alpha value is -3.49. The van der Waals surface area contributed by atoms with E-state index in [2.05, 4.69) is 5.32 Å². The molecular formula is C21H22N2O7. The number of rotatable bonds is 7. The lowest BCUT2D eigenvalue weighted by atomic mass is 10.1. The SMILES string of the molecule is C[C@H](OC(=O)[C@H]1CC(=O)N(Cc2ccco2)C1)C(=O)NCc1ccc2c(c1)OCO2. The molecule has 0 aliphatic carbocycles. The highest BCUT2D eigenvalue weighted by atomic mass is 16.7. The maximum Gasteiger partial charge on any atom is 0.312 e. The van der Waals surface area contributed by atoms with Gasteiger partial charge in [-0.05, 0) is 36.8 Å². The van der Waals surface area contributed by atoms with Gasteiger partial charge in [-0.1, -0.05) is 6.07 Å². The van der Waals surface area contributed by atoms with Gasteiger partial charge in [-0.25, -0.2) is 0 Å². The Labute approximate surface area is 172 Å². The molecule has 1 saturated heterocycles. The van der Waals surface area contributed by atoms with Crippen LogP contribution in [0.2, 0.25) is 0 Å². The van der Waals surface area contributed by atoms with Crippen LogP contribution in [-0.4, -0.2) is 42.1 Å². The van der Waals surface area contributed by atoms with Crippen molar-refractivity contribution in [3.8, 4) is 11.5 Å². The van der Waals surface area contributed by atoms with Crippen molar-refractivity contribution < 1.29 is 33.0 Å². The van der Waals surface area contributed by atoms with E-state index in [1.54, 1.807) is 29.2 Å². The van der Waals surface area contributed by atoms with Gasteiger partial charge in [0.2, 0.25) is 12.7 Å². The van der Waals surface area contributed by atoms with Crippen molar-refractivity contribution in [2.75, 3.05) is 13.3 Å². The third-order valence-corrected chi connectivity index (χ3v) is 5.04. The zero-order chi connectivity index (χ0) is 21.1. The lowest BCUT2D eigenvalue weighted by molar-refractivity contribution is -0.158. The van der Waals surface area contributed by atoms with Crippen molar-refractivity contribution in [3.05, 3.63) is 47.9 Å². The first-order valence-electron chi connectivity index (χ1n) is 9.66. The molecule has 9 heteroatoms. The molecule has 0 saturated carbocycles. The summed E-state index contributed by atoms with van der Waals surface area (Å²) in [4.78, 5) is 38.4. The highest BCUT2D eigenvalue weighted by Crippen LogP contribution is 2.32. The second kappa shape index (κ2) is 8.48. The van der Waals surface area contributed by atoms with Gasteiger partial charge in [0.15, 0.2) is 17.6 Å². The van der Waals surface area contributed by atoms with Gasteiger partial charge in [-0.3, -0.25) is 14.4 Å². The Bertz CT molecular complexity index is 941. The Morgan fingerprint density at radius 1 is 1.27 bits per heavy atom. The zero-order valence-electron chi connectivity index (χ0n) is 16.5. The number of nitrogens with one attached hydrogen (secondary N) is 1. The number of hydrogen-bond acceptors (Lipinski definition) is 7. The minimum atomic E-state index is -0.972. The largest absolute Gasteiger partial charge is 0.467 e. The van der Waals surface area contributed by atoms with Gasteiger partial charge in [-0.2, -0.15) is 0 Å². The molecule has 2 amide bonds. The number of likely N-dealkylation sites (tertiary alicyclic amines) is 1. The van der Waals surface area contributed by atoms with E-state index in [9.17, 15) is 14.4 Å². The summed E-state index contributed by atoms with van der Waals surface area (Å²) in [5, 5.41) is 2.73. The number of fused-ring (bicyclic) bond motifs is 1. The van der Waals surface area contributed by atoms with Crippen LogP contribution < -0.4 is 14.8 Å². The first kappa shape index (κ1) is 19.8. The maximum absolute atomic E-state index is 12.4. The van der Waals surface area contributed by atoms with E-state index in [0.717, 1.165) is 5.56 Å². The van der Waals surface area contributed by atoms with Crippen LogP contribution in [0.3, 0.4) is 0 Å². The van der Waals surface area contributed by atoms with E-state index < -0.39 is 23.9 Å². The predicted octanol–water partition coefficient (Wildman–Crippen LogP) is 1.60. The molecule has 4 rings (SSSR count). The number of carbonyl (C=O) groups is 3. The average molecular weight is 414 g/mol.